The van der Waals surface area contributed by atoms with Crippen molar-refractivity contribution in [1.29, 1.82) is 5.26 Å². The van der Waals surface area contributed by atoms with Gasteiger partial charge in [-0.1, -0.05) is 20.8 Å². The highest BCUT2D eigenvalue weighted by Gasteiger charge is 2.25. The Morgan fingerprint density at radius 1 is 1.44 bits per heavy atom. The first-order chi connectivity index (χ1) is 7.34. The van der Waals surface area contributed by atoms with Crippen molar-refractivity contribution in [3.05, 3.63) is 29.2 Å². The number of furan rings is 1. The molecule has 0 bridgehead atoms. The molecule has 3 nitrogen and oxygen atoms in total. The van der Waals surface area contributed by atoms with E-state index in [2.05, 4.69) is 0 Å². The molecule has 16 heavy (non-hydrogen) atoms. The molecule has 1 rings (SSSR count). The molecule has 1 aromatic heterocycles. The Labute approximate surface area is 95.4 Å². The minimum absolute atomic E-state index is 0.127. The highest BCUT2D eigenvalue weighted by molar-refractivity contribution is 6.05. The number of ketones is 1. The molecule has 0 N–H and O–H groups in total. The summed E-state index contributed by atoms with van der Waals surface area (Å²) in [5.74, 6) is 1.11. The lowest BCUT2D eigenvalue weighted by Gasteiger charge is -2.15. The number of nitrogens with zero attached hydrogens (tertiary/aromatic N) is 1. The van der Waals surface area contributed by atoms with E-state index in [4.69, 9.17) is 9.68 Å². The maximum Gasteiger partial charge on any atom is 0.178 e. The van der Waals surface area contributed by atoms with Crippen LogP contribution in [-0.4, -0.2) is 5.78 Å². The van der Waals surface area contributed by atoms with Crippen LogP contribution in [0.2, 0.25) is 0 Å². The number of rotatable bonds is 2. The van der Waals surface area contributed by atoms with Crippen LogP contribution in [0.1, 0.15) is 32.3 Å². The topological polar surface area (TPSA) is 54.0 Å². The van der Waals surface area contributed by atoms with Crippen molar-refractivity contribution >= 4 is 11.9 Å². The maximum absolute atomic E-state index is 11.9. The largest absolute Gasteiger partial charge is 0.462 e. The zero-order valence-electron chi connectivity index (χ0n) is 10.00. The summed E-state index contributed by atoms with van der Waals surface area (Å²) in [6.07, 6.45) is 1.49. The van der Waals surface area contributed by atoms with Crippen LogP contribution in [0.5, 0.6) is 0 Å². The van der Waals surface area contributed by atoms with E-state index in [-0.39, 0.29) is 11.4 Å². The average molecular weight is 217 g/mol. The van der Waals surface area contributed by atoms with Gasteiger partial charge in [-0.25, -0.2) is 0 Å². The Morgan fingerprint density at radius 3 is 2.44 bits per heavy atom. The molecule has 0 unspecified atom stereocenters. The molecule has 3 heteroatoms. The molecule has 0 radical (unpaired) electrons. The summed E-state index contributed by atoms with van der Waals surface area (Å²) in [5, 5.41) is 8.95. The molecule has 0 atom stereocenters. The predicted octanol–water partition coefficient (Wildman–Crippen LogP) is 3.11. The van der Waals surface area contributed by atoms with Crippen molar-refractivity contribution in [3.63, 3.8) is 0 Å². The SMILES string of the molecule is Cc1ccc(C=C(C#N)C(=O)C(C)(C)C)o1. The van der Waals surface area contributed by atoms with Gasteiger partial charge in [0.25, 0.3) is 0 Å². The van der Waals surface area contributed by atoms with Crippen LogP contribution in [0.3, 0.4) is 0 Å². The van der Waals surface area contributed by atoms with Gasteiger partial charge in [0.15, 0.2) is 5.78 Å². The van der Waals surface area contributed by atoms with Gasteiger partial charge in [0, 0.05) is 11.5 Å². The van der Waals surface area contributed by atoms with Crippen LogP contribution in [-0.2, 0) is 4.79 Å². The second-order valence-corrected chi connectivity index (χ2v) is 4.70. The maximum atomic E-state index is 11.9. The van der Waals surface area contributed by atoms with Gasteiger partial charge < -0.3 is 4.42 Å². The average Bonchev–Trinajstić information content (AvgIpc) is 2.58. The summed E-state index contributed by atoms with van der Waals surface area (Å²) in [4.78, 5) is 11.9. The summed E-state index contributed by atoms with van der Waals surface area (Å²) < 4.78 is 5.30. The van der Waals surface area contributed by atoms with Crippen molar-refractivity contribution in [2.75, 3.05) is 0 Å². The molecule has 0 aromatic carbocycles. The molecule has 0 aliphatic heterocycles. The fraction of sp³-hybridized carbons (Fsp3) is 0.385. The Kier molecular flexibility index (Phi) is 3.34. The zero-order valence-corrected chi connectivity index (χ0v) is 10.00. The van der Waals surface area contributed by atoms with E-state index in [1.807, 2.05) is 13.0 Å². The number of aryl methyl sites for hydroxylation is 1. The number of Topliss-reactive ketones (excluding diaryl/α,β-unsaturated/α-hetero) is 1. The van der Waals surface area contributed by atoms with E-state index in [0.717, 1.165) is 5.76 Å². The molecule has 0 aliphatic carbocycles. The molecule has 0 amide bonds. The van der Waals surface area contributed by atoms with E-state index < -0.39 is 5.41 Å². The standard InChI is InChI=1S/C13H15NO2/c1-9-5-6-11(16-9)7-10(8-14)12(15)13(2,3)4/h5-7H,1-4H3. The van der Waals surface area contributed by atoms with Crippen LogP contribution in [0.4, 0.5) is 0 Å². The van der Waals surface area contributed by atoms with Crippen LogP contribution >= 0.6 is 0 Å². The fourth-order valence-corrected chi connectivity index (χ4v) is 1.23. The number of nitriles is 1. The van der Waals surface area contributed by atoms with Gasteiger partial charge >= 0.3 is 0 Å². The number of hydrogen-bond acceptors (Lipinski definition) is 3. The third-order valence-corrected chi connectivity index (χ3v) is 2.09. The summed E-state index contributed by atoms with van der Waals surface area (Å²) in [5.41, 5.74) is -0.426. The van der Waals surface area contributed by atoms with Gasteiger partial charge in [-0.15, -0.1) is 0 Å². The third-order valence-electron chi connectivity index (χ3n) is 2.09. The molecule has 1 heterocycles. The first kappa shape index (κ1) is 12.3. The van der Waals surface area contributed by atoms with Crippen LogP contribution in [0.25, 0.3) is 6.08 Å². The summed E-state index contributed by atoms with van der Waals surface area (Å²) in [6, 6.07) is 5.45. The van der Waals surface area contributed by atoms with E-state index >= 15 is 0 Å². The van der Waals surface area contributed by atoms with Crippen molar-refractivity contribution in [2.24, 2.45) is 5.41 Å². The molecule has 1 aromatic rings. The minimum Gasteiger partial charge on any atom is -0.462 e. The third kappa shape index (κ3) is 2.83. The van der Waals surface area contributed by atoms with Crippen molar-refractivity contribution in [3.8, 4) is 6.07 Å². The second-order valence-electron chi connectivity index (χ2n) is 4.70. The van der Waals surface area contributed by atoms with Gasteiger partial charge in [0.05, 0.1) is 5.57 Å². The lowest BCUT2D eigenvalue weighted by Crippen LogP contribution is -2.21. The normalized spacial score (nSPS) is 12.3. The number of allylic oxidation sites excluding steroid dienone is 1. The number of carbonyl (C=O) groups excluding carboxylic acids is 1. The highest BCUT2D eigenvalue weighted by Crippen LogP contribution is 2.21. The van der Waals surface area contributed by atoms with Gasteiger partial charge in [0.1, 0.15) is 17.6 Å². The van der Waals surface area contributed by atoms with E-state index in [1.165, 1.54) is 6.08 Å². The van der Waals surface area contributed by atoms with E-state index in [0.29, 0.717) is 5.76 Å². The molecular formula is C13H15NO2. The summed E-state index contributed by atoms with van der Waals surface area (Å²) >= 11 is 0. The highest BCUT2D eigenvalue weighted by atomic mass is 16.3. The fourth-order valence-electron chi connectivity index (χ4n) is 1.23. The molecule has 0 saturated carbocycles. The van der Waals surface area contributed by atoms with Gasteiger partial charge in [-0.05, 0) is 19.1 Å². The van der Waals surface area contributed by atoms with E-state index in [9.17, 15) is 4.79 Å². The second kappa shape index (κ2) is 4.36. The summed E-state index contributed by atoms with van der Waals surface area (Å²) in [6.45, 7) is 7.17. The lowest BCUT2D eigenvalue weighted by molar-refractivity contribution is -0.121. The van der Waals surface area contributed by atoms with Crippen LogP contribution in [0.15, 0.2) is 22.1 Å². The van der Waals surface area contributed by atoms with Crippen molar-refractivity contribution in [1.82, 2.24) is 0 Å². The Morgan fingerprint density at radius 2 is 2.06 bits per heavy atom. The van der Waals surface area contributed by atoms with Crippen molar-refractivity contribution < 1.29 is 9.21 Å². The molecule has 0 saturated heterocycles. The summed E-state index contributed by atoms with van der Waals surface area (Å²) in [7, 11) is 0. The smallest absolute Gasteiger partial charge is 0.178 e. The number of hydrogen-bond donors (Lipinski definition) is 0. The monoisotopic (exact) mass is 217 g/mol. The van der Waals surface area contributed by atoms with Gasteiger partial charge in [-0.2, -0.15) is 5.26 Å². The van der Waals surface area contributed by atoms with Gasteiger partial charge in [0.2, 0.25) is 0 Å². The molecule has 0 fully saturated rings. The molecule has 0 spiro atoms. The Bertz CT molecular complexity index is 467. The van der Waals surface area contributed by atoms with E-state index in [1.54, 1.807) is 32.9 Å². The molecular weight excluding hydrogens is 202 g/mol. The Hall–Kier alpha value is -1.82. The first-order valence-corrected chi connectivity index (χ1v) is 5.07. The first-order valence-electron chi connectivity index (χ1n) is 5.07. The lowest BCUT2D eigenvalue weighted by atomic mass is 9.86. The van der Waals surface area contributed by atoms with Crippen LogP contribution in [0, 0.1) is 23.7 Å². The van der Waals surface area contributed by atoms with Crippen LogP contribution < -0.4 is 0 Å². The molecule has 84 valence electrons. The molecule has 0 aliphatic rings. The van der Waals surface area contributed by atoms with Crippen molar-refractivity contribution in [2.45, 2.75) is 27.7 Å². The quantitative estimate of drug-likeness (QED) is 0.565. The minimum atomic E-state index is -0.552. The zero-order chi connectivity index (χ0) is 12.3. The number of carbonyl (C=O) groups is 1. The van der Waals surface area contributed by atoms with Gasteiger partial charge in [-0.3, -0.25) is 4.79 Å². The predicted molar refractivity (Wildman–Crippen MR) is 61.5 cm³/mol. The Balaban J connectivity index is 3.05.